The SMILES string of the molecule is CCCCOC(=Cc1ccccc1)C(=O)c1cc(OCCCC)c(OCCCC)c(OCCCC)c1OCCCC. The standard InChI is InChI=1S/C35H52O6/c1-6-11-21-37-30(26-28-19-17-16-18-20-28)32(36)29-27-31(38-22-12-7-2)34(40-24-14-9-4)35(41-25-15-10-5)33(29)39-23-13-8-3/h16-20,26-27H,6-15,21-25H2,1-5H3. The van der Waals surface area contributed by atoms with Crippen molar-refractivity contribution in [1.29, 1.82) is 0 Å². The molecule has 0 atom stereocenters. The first-order valence-electron chi connectivity index (χ1n) is 15.8. The lowest BCUT2D eigenvalue weighted by Crippen LogP contribution is -2.14. The molecule has 0 aliphatic carbocycles. The molecule has 0 fully saturated rings. The first-order chi connectivity index (χ1) is 20.1. The number of allylic oxidation sites excluding steroid dienone is 1. The lowest BCUT2D eigenvalue weighted by molar-refractivity contribution is 0.0914. The fourth-order valence-corrected chi connectivity index (χ4v) is 3.90. The van der Waals surface area contributed by atoms with Crippen LogP contribution in [0.3, 0.4) is 0 Å². The average molecular weight is 569 g/mol. The molecule has 228 valence electrons. The first kappa shape index (κ1) is 34.1. The van der Waals surface area contributed by atoms with E-state index in [1.165, 1.54) is 0 Å². The van der Waals surface area contributed by atoms with Crippen molar-refractivity contribution in [3.8, 4) is 23.0 Å². The lowest BCUT2D eigenvalue weighted by atomic mass is 10.0. The van der Waals surface area contributed by atoms with E-state index in [2.05, 4.69) is 34.6 Å². The normalized spacial score (nSPS) is 11.3. The van der Waals surface area contributed by atoms with Crippen LogP contribution in [-0.2, 0) is 4.74 Å². The molecule has 2 aromatic carbocycles. The van der Waals surface area contributed by atoms with Gasteiger partial charge in [0.15, 0.2) is 17.3 Å². The van der Waals surface area contributed by atoms with E-state index in [0.29, 0.717) is 61.6 Å². The number of hydrogen-bond acceptors (Lipinski definition) is 6. The molecule has 0 amide bonds. The van der Waals surface area contributed by atoms with Gasteiger partial charge in [0.1, 0.15) is 0 Å². The molecule has 2 aromatic rings. The Morgan fingerprint density at radius 1 is 0.610 bits per heavy atom. The van der Waals surface area contributed by atoms with Gasteiger partial charge < -0.3 is 23.7 Å². The summed E-state index contributed by atoms with van der Waals surface area (Å²) >= 11 is 0. The number of carbonyl (C=O) groups excluding carboxylic acids is 1. The Hall–Kier alpha value is -3.15. The molecule has 0 bridgehead atoms. The van der Waals surface area contributed by atoms with Crippen LogP contribution in [-0.4, -0.2) is 38.8 Å². The Morgan fingerprint density at radius 3 is 1.66 bits per heavy atom. The van der Waals surface area contributed by atoms with Crippen LogP contribution in [0.15, 0.2) is 42.2 Å². The molecule has 0 unspecified atom stereocenters. The van der Waals surface area contributed by atoms with Crippen LogP contribution in [0.25, 0.3) is 6.08 Å². The van der Waals surface area contributed by atoms with E-state index in [9.17, 15) is 4.79 Å². The molecule has 0 aromatic heterocycles. The summed E-state index contributed by atoms with van der Waals surface area (Å²) in [4.78, 5) is 14.3. The third-order valence-corrected chi connectivity index (χ3v) is 6.47. The highest BCUT2D eigenvalue weighted by Crippen LogP contribution is 2.48. The zero-order chi connectivity index (χ0) is 29.7. The molecule has 0 spiro atoms. The summed E-state index contributed by atoms with van der Waals surface area (Å²) in [6, 6.07) is 11.5. The molecule has 0 saturated carbocycles. The van der Waals surface area contributed by atoms with Gasteiger partial charge in [0.25, 0.3) is 0 Å². The van der Waals surface area contributed by atoms with Crippen LogP contribution >= 0.6 is 0 Å². The van der Waals surface area contributed by atoms with Crippen LogP contribution < -0.4 is 18.9 Å². The number of Topliss-reactive ketones (excluding diaryl/α,β-unsaturated/α-hetero) is 1. The molecule has 0 radical (unpaired) electrons. The largest absolute Gasteiger partial charge is 0.490 e. The van der Waals surface area contributed by atoms with Crippen molar-refractivity contribution in [1.82, 2.24) is 0 Å². The third kappa shape index (κ3) is 11.7. The van der Waals surface area contributed by atoms with E-state index in [1.54, 1.807) is 12.1 Å². The second-order valence-electron chi connectivity index (χ2n) is 10.2. The second-order valence-corrected chi connectivity index (χ2v) is 10.2. The van der Waals surface area contributed by atoms with E-state index in [-0.39, 0.29) is 11.5 Å². The van der Waals surface area contributed by atoms with E-state index >= 15 is 0 Å². The summed E-state index contributed by atoms with van der Waals surface area (Å²) in [6.45, 7) is 13.0. The van der Waals surface area contributed by atoms with E-state index < -0.39 is 0 Å². The minimum absolute atomic E-state index is 0.266. The molecule has 0 heterocycles. The topological polar surface area (TPSA) is 63.2 Å². The molecule has 0 aliphatic heterocycles. The Morgan fingerprint density at radius 2 is 1.10 bits per heavy atom. The van der Waals surface area contributed by atoms with E-state index in [4.69, 9.17) is 23.7 Å². The summed E-state index contributed by atoms with van der Waals surface area (Å²) < 4.78 is 31.4. The molecule has 6 heteroatoms. The highest BCUT2D eigenvalue weighted by molar-refractivity contribution is 6.12. The van der Waals surface area contributed by atoms with E-state index in [0.717, 1.165) is 69.8 Å². The van der Waals surface area contributed by atoms with Crippen LogP contribution in [0.2, 0.25) is 0 Å². The van der Waals surface area contributed by atoms with Crippen LogP contribution in [0.5, 0.6) is 23.0 Å². The first-order valence-corrected chi connectivity index (χ1v) is 15.8. The summed E-state index contributed by atoms with van der Waals surface area (Å²) in [5, 5.41) is 0. The lowest BCUT2D eigenvalue weighted by Gasteiger charge is -2.23. The maximum atomic E-state index is 14.3. The molecule has 0 saturated heterocycles. The van der Waals surface area contributed by atoms with Crippen molar-refractivity contribution in [2.24, 2.45) is 0 Å². The third-order valence-electron chi connectivity index (χ3n) is 6.47. The summed E-state index contributed by atoms with van der Waals surface area (Å²) in [6.07, 6.45) is 11.0. The summed E-state index contributed by atoms with van der Waals surface area (Å²) in [5.74, 6) is 1.84. The predicted molar refractivity (Wildman–Crippen MR) is 168 cm³/mol. The number of ether oxygens (including phenoxy) is 5. The Labute approximate surface area is 248 Å². The maximum Gasteiger partial charge on any atom is 0.231 e. The van der Waals surface area contributed by atoms with E-state index in [1.807, 2.05) is 30.3 Å². The van der Waals surface area contributed by atoms with Crippen LogP contribution in [0, 0.1) is 0 Å². The Bertz CT molecular complexity index is 1030. The molecule has 41 heavy (non-hydrogen) atoms. The molecule has 2 rings (SSSR count). The fraction of sp³-hybridized carbons (Fsp3) is 0.571. The molecule has 0 N–H and O–H groups in total. The van der Waals surface area contributed by atoms with Crippen molar-refractivity contribution in [2.75, 3.05) is 33.0 Å². The van der Waals surface area contributed by atoms with Crippen molar-refractivity contribution in [3.05, 3.63) is 53.3 Å². The van der Waals surface area contributed by atoms with Crippen molar-refractivity contribution >= 4 is 11.9 Å². The number of ketones is 1. The smallest absolute Gasteiger partial charge is 0.231 e. The van der Waals surface area contributed by atoms with Gasteiger partial charge in [0.2, 0.25) is 17.3 Å². The maximum absolute atomic E-state index is 14.3. The highest BCUT2D eigenvalue weighted by atomic mass is 16.6. The van der Waals surface area contributed by atoms with Crippen LogP contribution in [0.4, 0.5) is 0 Å². The molecule has 6 nitrogen and oxygen atoms in total. The molecule has 0 aliphatic rings. The second kappa shape index (κ2) is 20.7. The van der Waals surface area contributed by atoms with Crippen molar-refractivity contribution in [2.45, 2.75) is 98.8 Å². The van der Waals surface area contributed by atoms with Gasteiger partial charge in [-0.25, -0.2) is 0 Å². The minimum atomic E-state index is -0.266. The van der Waals surface area contributed by atoms with Gasteiger partial charge >= 0.3 is 0 Å². The number of rotatable bonds is 23. The Balaban J connectivity index is 2.73. The minimum Gasteiger partial charge on any atom is -0.490 e. The van der Waals surface area contributed by atoms with Gasteiger partial charge in [0.05, 0.1) is 38.6 Å². The van der Waals surface area contributed by atoms with Gasteiger partial charge in [-0.1, -0.05) is 97.1 Å². The highest BCUT2D eigenvalue weighted by Gasteiger charge is 2.29. The van der Waals surface area contributed by atoms with Crippen molar-refractivity contribution in [3.63, 3.8) is 0 Å². The number of carbonyl (C=O) groups is 1. The fourth-order valence-electron chi connectivity index (χ4n) is 3.90. The van der Waals surface area contributed by atoms with Gasteiger partial charge in [0, 0.05) is 0 Å². The number of unbranched alkanes of at least 4 members (excludes halogenated alkanes) is 5. The molecular weight excluding hydrogens is 516 g/mol. The number of hydrogen-bond donors (Lipinski definition) is 0. The van der Waals surface area contributed by atoms with Crippen LogP contribution in [0.1, 0.15) is 115 Å². The monoisotopic (exact) mass is 568 g/mol. The molecular formula is C35H52O6. The van der Waals surface area contributed by atoms with Gasteiger partial charge in [-0.3, -0.25) is 4.79 Å². The predicted octanol–water partition coefficient (Wildman–Crippen LogP) is 9.44. The van der Waals surface area contributed by atoms with Gasteiger partial charge in [-0.15, -0.1) is 0 Å². The summed E-state index contributed by atoms with van der Waals surface area (Å²) in [7, 11) is 0. The zero-order valence-electron chi connectivity index (χ0n) is 26.1. The van der Waals surface area contributed by atoms with Gasteiger partial charge in [-0.05, 0) is 49.8 Å². The van der Waals surface area contributed by atoms with Crippen molar-refractivity contribution < 1.29 is 28.5 Å². The zero-order valence-corrected chi connectivity index (χ0v) is 26.1. The number of benzene rings is 2. The van der Waals surface area contributed by atoms with Gasteiger partial charge in [-0.2, -0.15) is 0 Å². The quantitative estimate of drug-likeness (QED) is 0.0576. The average Bonchev–Trinajstić information content (AvgIpc) is 2.99. The summed E-state index contributed by atoms with van der Waals surface area (Å²) in [5.41, 5.74) is 1.25. The Kier molecular flexibility index (Phi) is 17.2.